The summed E-state index contributed by atoms with van der Waals surface area (Å²) < 4.78 is 5.36. The van der Waals surface area contributed by atoms with Gasteiger partial charge in [0.05, 0.1) is 0 Å². The van der Waals surface area contributed by atoms with Gasteiger partial charge in [-0.25, -0.2) is 9.97 Å². The Morgan fingerprint density at radius 3 is 2.31 bits per heavy atom. The van der Waals surface area contributed by atoms with Crippen molar-refractivity contribution in [3.8, 4) is 16.9 Å². The molecule has 0 aliphatic rings. The van der Waals surface area contributed by atoms with Crippen LogP contribution in [0.5, 0.6) is 5.75 Å². The van der Waals surface area contributed by atoms with Gasteiger partial charge in [0.25, 0.3) is 0 Å². The number of thioether (sulfide) groups is 1. The fourth-order valence-corrected chi connectivity index (χ4v) is 4.00. The maximum absolute atomic E-state index is 12.0. The minimum atomic E-state index is -0.625. The first-order valence-corrected chi connectivity index (χ1v) is 11.8. The van der Waals surface area contributed by atoms with E-state index in [1.165, 1.54) is 32.1 Å². The van der Waals surface area contributed by atoms with Crippen LogP contribution < -0.4 is 4.74 Å². The molecule has 1 atom stereocenters. The third-order valence-electron chi connectivity index (χ3n) is 4.45. The third kappa shape index (κ3) is 8.75. The topological polar surface area (TPSA) is 52.1 Å². The van der Waals surface area contributed by atoms with Crippen LogP contribution in [0.2, 0.25) is 0 Å². The van der Waals surface area contributed by atoms with Crippen LogP contribution in [0.1, 0.15) is 59.3 Å². The Hall–Kier alpha value is -1.59. The second kappa shape index (κ2) is 12.9. The molecule has 0 amide bonds. The Labute approximate surface area is 183 Å². The Balaban J connectivity index is 1.84. The number of hydrogen-bond donors (Lipinski definition) is 0. The van der Waals surface area contributed by atoms with Crippen LogP contribution in [0.3, 0.4) is 0 Å². The lowest BCUT2D eigenvalue weighted by atomic mass is 10.1. The molecule has 1 aromatic carbocycles. The quantitative estimate of drug-likeness (QED) is 0.0921. The number of hydrogen-bond acceptors (Lipinski definition) is 5. The Bertz CT molecular complexity index is 736. The molecule has 0 fully saturated rings. The molecule has 4 nitrogen and oxygen atoms in total. The largest absolute Gasteiger partial charge is 0.425 e. The van der Waals surface area contributed by atoms with Crippen LogP contribution >= 0.6 is 23.4 Å². The van der Waals surface area contributed by atoms with E-state index in [0.29, 0.717) is 18.1 Å². The molecule has 29 heavy (non-hydrogen) atoms. The predicted octanol–water partition coefficient (Wildman–Crippen LogP) is 6.77. The summed E-state index contributed by atoms with van der Waals surface area (Å²) in [5, 5.41) is 0.188. The van der Waals surface area contributed by atoms with Crippen molar-refractivity contribution >= 4 is 29.3 Å². The fraction of sp³-hybridized carbons (Fsp3) is 0.522. The van der Waals surface area contributed by atoms with E-state index in [1.54, 1.807) is 23.9 Å². The summed E-state index contributed by atoms with van der Waals surface area (Å²) in [5.41, 5.74) is 1.91. The number of aromatic nitrogens is 2. The zero-order chi connectivity index (χ0) is 21.1. The number of carbonyl (C=O) groups excluding carboxylic acids is 1. The van der Waals surface area contributed by atoms with Gasteiger partial charge in [0, 0.05) is 23.7 Å². The summed E-state index contributed by atoms with van der Waals surface area (Å²) in [6.45, 7) is 6.28. The third-order valence-corrected chi connectivity index (χ3v) is 5.77. The van der Waals surface area contributed by atoms with E-state index in [9.17, 15) is 4.79 Å². The summed E-state index contributed by atoms with van der Waals surface area (Å²) in [7, 11) is 0. The van der Waals surface area contributed by atoms with E-state index < -0.39 is 11.3 Å². The summed E-state index contributed by atoms with van der Waals surface area (Å²) in [4.78, 5) is 20.9. The molecule has 0 saturated heterocycles. The van der Waals surface area contributed by atoms with Crippen molar-refractivity contribution in [1.82, 2.24) is 9.97 Å². The molecular formula is C23H31ClN2O2S. The molecule has 2 aromatic rings. The van der Waals surface area contributed by atoms with Gasteiger partial charge in [0.15, 0.2) is 5.16 Å². The average Bonchev–Trinajstić information content (AvgIpc) is 2.71. The molecule has 1 heterocycles. The first-order chi connectivity index (χ1) is 14.0. The zero-order valence-electron chi connectivity index (χ0n) is 17.6. The summed E-state index contributed by atoms with van der Waals surface area (Å²) in [6.07, 6.45) is 10.7. The maximum atomic E-state index is 12.0. The van der Waals surface area contributed by atoms with Crippen molar-refractivity contribution in [2.75, 3.05) is 5.75 Å². The second-order valence-corrected chi connectivity index (χ2v) is 9.15. The lowest BCUT2D eigenvalue weighted by Gasteiger charge is -2.11. The molecule has 0 aliphatic carbocycles. The molecular weight excluding hydrogens is 404 g/mol. The smallest absolute Gasteiger partial charge is 0.329 e. The van der Waals surface area contributed by atoms with Gasteiger partial charge in [-0.15, -0.1) is 11.6 Å². The highest BCUT2D eigenvalue weighted by atomic mass is 35.5. The number of alkyl halides is 1. The van der Waals surface area contributed by atoms with Crippen molar-refractivity contribution in [3.63, 3.8) is 0 Å². The number of carbonyl (C=O) groups is 1. The number of ether oxygens (including phenoxy) is 1. The van der Waals surface area contributed by atoms with Gasteiger partial charge in [-0.2, -0.15) is 0 Å². The van der Waals surface area contributed by atoms with Crippen molar-refractivity contribution < 1.29 is 9.53 Å². The molecule has 158 valence electrons. The monoisotopic (exact) mass is 434 g/mol. The molecule has 6 heteroatoms. The van der Waals surface area contributed by atoms with Gasteiger partial charge in [0.2, 0.25) is 0 Å². The van der Waals surface area contributed by atoms with Gasteiger partial charge in [-0.1, -0.05) is 70.3 Å². The van der Waals surface area contributed by atoms with Crippen LogP contribution in [-0.4, -0.2) is 27.1 Å². The molecule has 2 rings (SSSR count). The van der Waals surface area contributed by atoms with E-state index in [2.05, 4.69) is 16.9 Å². The van der Waals surface area contributed by atoms with Crippen LogP contribution in [0.25, 0.3) is 11.1 Å². The lowest BCUT2D eigenvalue weighted by Crippen LogP contribution is -2.22. The minimum absolute atomic E-state index is 0.342. The number of unbranched alkanes of at least 4 members (excludes halogenated alkanes) is 4. The van der Waals surface area contributed by atoms with Crippen molar-refractivity contribution in [1.29, 1.82) is 0 Å². The van der Waals surface area contributed by atoms with Crippen molar-refractivity contribution in [2.24, 2.45) is 5.92 Å². The van der Waals surface area contributed by atoms with Crippen molar-refractivity contribution in [2.45, 2.75) is 69.8 Å². The van der Waals surface area contributed by atoms with E-state index >= 15 is 0 Å². The molecule has 0 saturated carbocycles. The molecule has 0 spiro atoms. The second-order valence-electron chi connectivity index (χ2n) is 7.56. The van der Waals surface area contributed by atoms with Crippen LogP contribution in [0, 0.1) is 5.92 Å². The summed E-state index contributed by atoms with van der Waals surface area (Å²) in [5.74, 6) is 1.48. The first kappa shape index (κ1) is 23.7. The number of nitrogens with zero attached hydrogens (tertiary/aromatic N) is 2. The first-order valence-electron chi connectivity index (χ1n) is 10.4. The Morgan fingerprint density at radius 1 is 1.03 bits per heavy atom. The molecule has 0 N–H and O–H groups in total. The maximum Gasteiger partial charge on any atom is 0.329 e. The van der Waals surface area contributed by atoms with Crippen molar-refractivity contribution in [3.05, 3.63) is 36.7 Å². The Kier molecular flexibility index (Phi) is 10.5. The number of esters is 1. The predicted molar refractivity (Wildman–Crippen MR) is 122 cm³/mol. The van der Waals surface area contributed by atoms with Gasteiger partial charge in [0.1, 0.15) is 11.1 Å². The van der Waals surface area contributed by atoms with Gasteiger partial charge in [-0.3, -0.25) is 4.79 Å². The van der Waals surface area contributed by atoms with Gasteiger partial charge >= 0.3 is 5.97 Å². The molecule has 0 bridgehead atoms. The SMILES string of the molecule is CCCCCCCSc1ncc(-c2ccc(OC(=O)[C@@H](Cl)CC(C)C)cc2)cn1. The summed E-state index contributed by atoms with van der Waals surface area (Å²) >= 11 is 7.80. The number of halogens is 1. The van der Waals surface area contributed by atoms with E-state index in [0.717, 1.165) is 22.0 Å². The highest BCUT2D eigenvalue weighted by molar-refractivity contribution is 7.99. The number of benzene rings is 1. The molecule has 0 unspecified atom stereocenters. The van der Waals surface area contributed by atoms with E-state index in [1.807, 2.05) is 38.4 Å². The van der Waals surface area contributed by atoms with E-state index in [-0.39, 0.29) is 0 Å². The normalized spacial score (nSPS) is 12.2. The average molecular weight is 435 g/mol. The van der Waals surface area contributed by atoms with E-state index in [4.69, 9.17) is 16.3 Å². The molecule has 0 radical (unpaired) electrons. The minimum Gasteiger partial charge on any atom is -0.425 e. The highest BCUT2D eigenvalue weighted by Gasteiger charge is 2.19. The fourth-order valence-electron chi connectivity index (χ4n) is 2.81. The van der Waals surface area contributed by atoms with Crippen LogP contribution in [-0.2, 0) is 4.79 Å². The highest BCUT2D eigenvalue weighted by Crippen LogP contribution is 2.24. The van der Waals surface area contributed by atoms with Gasteiger partial charge in [-0.05, 0) is 36.5 Å². The Morgan fingerprint density at radius 2 is 1.69 bits per heavy atom. The molecule has 0 aliphatic heterocycles. The lowest BCUT2D eigenvalue weighted by molar-refractivity contribution is -0.134. The van der Waals surface area contributed by atoms with Gasteiger partial charge < -0.3 is 4.74 Å². The van der Waals surface area contributed by atoms with Crippen LogP contribution in [0.4, 0.5) is 0 Å². The van der Waals surface area contributed by atoms with Crippen LogP contribution in [0.15, 0.2) is 41.8 Å². The number of rotatable bonds is 12. The molecule has 1 aromatic heterocycles. The standard InChI is InChI=1S/C23H31ClN2O2S/c1-4-5-6-7-8-13-29-23-25-15-19(16-26-23)18-9-11-20(12-10-18)28-22(27)21(24)14-17(2)3/h9-12,15-17,21H,4-8,13-14H2,1-3H3/t21-/m0/s1. The summed E-state index contributed by atoms with van der Waals surface area (Å²) in [6, 6.07) is 7.33. The zero-order valence-corrected chi connectivity index (χ0v) is 19.1.